The Kier molecular flexibility index (Phi) is 4.39. The molecule has 3 nitrogen and oxygen atoms in total. The molecule has 0 radical (unpaired) electrons. The van der Waals surface area contributed by atoms with Crippen molar-refractivity contribution in [3.63, 3.8) is 0 Å². The van der Waals surface area contributed by atoms with Crippen LogP contribution in [-0.4, -0.2) is 17.9 Å². The van der Waals surface area contributed by atoms with Crippen LogP contribution in [0.5, 0.6) is 11.5 Å². The number of ether oxygens (including phenoxy) is 1. The lowest BCUT2D eigenvalue weighted by Gasteiger charge is -2.09. The third kappa shape index (κ3) is 3.40. The largest absolute Gasteiger partial charge is 0.507 e. The van der Waals surface area contributed by atoms with E-state index < -0.39 is 0 Å². The first-order chi connectivity index (χ1) is 11.3. The second-order valence-electron chi connectivity index (χ2n) is 5.04. The zero-order chi connectivity index (χ0) is 16.1. The first-order valence-corrected chi connectivity index (χ1v) is 7.34. The van der Waals surface area contributed by atoms with Gasteiger partial charge in [0.2, 0.25) is 0 Å². The van der Waals surface area contributed by atoms with E-state index in [9.17, 15) is 5.11 Å². The van der Waals surface area contributed by atoms with Crippen molar-refractivity contribution in [3.05, 3.63) is 90.0 Å². The summed E-state index contributed by atoms with van der Waals surface area (Å²) in [6, 6.07) is 24.6. The van der Waals surface area contributed by atoms with Crippen molar-refractivity contribution in [2.24, 2.45) is 4.99 Å². The highest BCUT2D eigenvalue weighted by atomic mass is 16.5. The molecular formula is C20H17NO2. The van der Waals surface area contributed by atoms with Gasteiger partial charge in [-0.25, -0.2) is 4.99 Å². The van der Waals surface area contributed by atoms with Gasteiger partial charge in [-0.1, -0.05) is 42.5 Å². The smallest absolute Gasteiger partial charge is 0.124 e. The van der Waals surface area contributed by atoms with Gasteiger partial charge in [0, 0.05) is 11.1 Å². The maximum Gasteiger partial charge on any atom is 0.124 e. The van der Waals surface area contributed by atoms with Gasteiger partial charge in [0.15, 0.2) is 0 Å². The topological polar surface area (TPSA) is 41.8 Å². The molecule has 1 N–H and O–H groups in total. The van der Waals surface area contributed by atoms with E-state index in [1.54, 1.807) is 19.2 Å². The van der Waals surface area contributed by atoms with Gasteiger partial charge in [-0.15, -0.1) is 0 Å². The van der Waals surface area contributed by atoms with E-state index in [1.165, 1.54) is 0 Å². The van der Waals surface area contributed by atoms with Crippen LogP contribution in [0.3, 0.4) is 0 Å². The number of methoxy groups -OCH3 is 1. The summed E-state index contributed by atoms with van der Waals surface area (Å²) in [6.45, 7) is 0. The van der Waals surface area contributed by atoms with E-state index in [4.69, 9.17) is 9.73 Å². The van der Waals surface area contributed by atoms with Crippen molar-refractivity contribution >= 4 is 11.4 Å². The van der Waals surface area contributed by atoms with Crippen LogP contribution in [0.15, 0.2) is 83.9 Å². The Morgan fingerprint density at radius 1 is 0.826 bits per heavy atom. The SMILES string of the molecule is COc1ccc(N=C(c2ccccc2)c2ccccc2O)cc1. The fraction of sp³-hybridized carbons (Fsp3) is 0.0500. The molecule has 0 atom stereocenters. The van der Waals surface area contributed by atoms with E-state index in [1.807, 2.05) is 66.7 Å². The highest BCUT2D eigenvalue weighted by Gasteiger charge is 2.11. The normalized spacial score (nSPS) is 11.3. The van der Waals surface area contributed by atoms with Gasteiger partial charge in [-0.3, -0.25) is 0 Å². The van der Waals surface area contributed by atoms with Crippen molar-refractivity contribution < 1.29 is 9.84 Å². The van der Waals surface area contributed by atoms with E-state index in [2.05, 4.69) is 0 Å². The summed E-state index contributed by atoms with van der Waals surface area (Å²) >= 11 is 0. The molecule has 0 fully saturated rings. The van der Waals surface area contributed by atoms with E-state index in [0.717, 1.165) is 22.7 Å². The number of aromatic hydroxyl groups is 1. The van der Waals surface area contributed by atoms with E-state index in [-0.39, 0.29) is 5.75 Å². The van der Waals surface area contributed by atoms with Gasteiger partial charge >= 0.3 is 0 Å². The molecule has 114 valence electrons. The van der Waals surface area contributed by atoms with Gasteiger partial charge in [0.05, 0.1) is 18.5 Å². The van der Waals surface area contributed by atoms with Gasteiger partial charge in [-0.05, 0) is 36.4 Å². The Morgan fingerprint density at radius 3 is 2.13 bits per heavy atom. The minimum Gasteiger partial charge on any atom is -0.507 e. The summed E-state index contributed by atoms with van der Waals surface area (Å²) in [5.74, 6) is 0.997. The lowest BCUT2D eigenvalue weighted by atomic mass is 10.0. The summed E-state index contributed by atoms with van der Waals surface area (Å²) in [6.07, 6.45) is 0. The zero-order valence-electron chi connectivity index (χ0n) is 12.8. The number of hydrogen-bond donors (Lipinski definition) is 1. The zero-order valence-corrected chi connectivity index (χ0v) is 12.8. The van der Waals surface area contributed by atoms with Crippen molar-refractivity contribution in [1.29, 1.82) is 0 Å². The minimum atomic E-state index is 0.212. The molecule has 0 aliphatic carbocycles. The molecule has 0 unspecified atom stereocenters. The summed E-state index contributed by atoms with van der Waals surface area (Å²) in [5.41, 5.74) is 3.18. The fourth-order valence-electron chi connectivity index (χ4n) is 2.34. The molecule has 3 aromatic rings. The van der Waals surface area contributed by atoms with Crippen molar-refractivity contribution in [2.45, 2.75) is 0 Å². The van der Waals surface area contributed by atoms with Crippen LogP contribution in [0.2, 0.25) is 0 Å². The molecule has 0 saturated heterocycles. The standard InChI is InChI=1S/C20H17NO2/c1-23-17-13-11-16(12-14-17)21-20(15-7-3-2-4-8-15)18-9-5-6-10-19(18)22/h2-14,22H,1H3. The van der Waals surface area contributed by atoms with E-state index in [0.29, 0.717) is 5.56 Å². The van der Waals surface area contributed by atoms with Crippen LogP contribution in [0, 0.1) is 0 Å². The third-order valence-corrected chi connectivity index (χ3v) is 3.52. The summed E-state index contributed by atoms with van der Waals surface area (Å²) in [5, 5.41) is 10.2. The molecule has 23 heavy (non-hydrogen) atoms. The minimum absolute atomic E-state index is 0.212. The van der Waals surface area contributed by atoms with Gasteiger partial charge < -0.3 is 9.84 Å². The number of phenolic OH excluding ortho intramolecular Hbond substituents is 1. The highest BCUT2D eigenvalue weighted by molar-refractivity contribution is 6.15. The van der Waals surface area contributed by atoms with Gasteiger partial charge in [-0.2, -0.15) is 0 Å². The molecular weight excluding hydrogens is 286 g/mol. The number of rotatable bonds is 4. The highest BCUT2D eigenvalue weighted by Crippen LogP contribution is 2.25. The predicted octanol–water partition coefficient (Wildman–Crippen LogP) is 4.57. The Labute approximate surface area is 135 Å². The Balaban J connectivity index is 2.11. The maximum atomic E-state index is 10.2. The van der Waals surface area contributed by atoms with Crippen molar-refractivity contribution in [2.75, 3.05) is 7.11 Å². The van der Waals surface area contributed by atoms with Gasteiger partial charge in [0.1, 0.15) is 11.5 Å². The average molecular weight is 303 g/mol. The molecule has 3 heteroatoms. The molecule has 0 saturated carbocycles. The Hall–Kier alpha value is -3.07. The summed E-state index contributed by atoms with van der Waals surface area (Å²) < 4.78 is 5.17. The third-order valence-electron chi connectivity index (χ3n) is 3.52. The van der Waals surface area contributed by atoms with Crippen molar-refractivity contribution in [1.82, 2.24) is 0 Å². The van der Waals surface area contributed by atoms with Crippen LogP contribution in [0.1, 0.15) is 11.1 Å². The van der Waals surface area contributed by atoms with E-state index >= 15 is 0 Å². The number of phenols is 1. The van der Waals surface area contributed by atoms with Crippen LogP contribution < -0.4 is 4.74 Å². The molecule has 3 aromatic carbocycles. The second kappa shape index (κ2) is 6.79. The first-order valence-electron chi connectivity index (χ1n) is 7.34. The second-order valence-corrected chi connectivity index (χ2v) is 5.04. The number of aliphatic imine (C=N–C) groups is 1. The summed E-state index contributed by atoms with van der Waals surface area (Å²) in [7, 11) is 1.63. The van der Waals surface area contributed by atoms with Crippen molar-refractivity contribution in [3.8, 4) is 11.5 Å². The number of benzene rings is 3. The number of para-hydroxylation sites is 1. The Morgan fingerprint density at radius 2 is 1.48 bits per heavy atom. The monoisotopic (exact) mass is 303 g/mol. The molecule has 3 rings (SSSR count). The van der Waals surface area contributed by atoms with Gasteiger partial charge in [0.25, 0.3) is 0 Å². The molecule has 0 aromatic heterocycles. The maximum absolute atomic E-state index is 10.2. The predicted molar refractivity (Wildman–Crippen MR) is 92.8 cm³/mol. The molecule has 0 aliphatic heterocycles. The molecule has 0 amide bonds. The molecule has 0 spiro atoms. The van der Waals surface area contributed by atoms with Crippen LogP contribution in [0.25, 0.3) is 0 Å². The lowest BCUT2D eigenvalue weighted by molar-refractivity contribution is 0.415. The molecule has 0 bridgehead atoms. The first kappa shape index (κ1) is 14.9. The number of nitrogens with zero attached hydrogens (tertiary/aromatic N) is 1. The van der Waals surface area contributed by atoms with Crippen LogP contribution in [-0.2, 0) is 0 Å². The number of hydrogen-bond acceptors (Lipinski definition) is 3. The quantitative estimate of drug-likeness (QED) is 0.717. The van der Waals surface area contributed by atoms with Crippen LogP contribution in [0.4, 0.5) is 5.69 Å². The fourth-order valence-corrected chi connectivity index (χ4v) is 2.34. The lowest BCUT2D eigenvalue weighted by Crippen LogP contribution is -2.03. The molecule has 0 aliphatic rings. The van der Waals surface area contributed by atoms with Crippen LogP contribution >= 0.6 is 0 Å². The average Bonchev–Trinajstić information content (AvgIpc) is 2.62. The Bertz CT molecular complexity index is 809. The summed E-state index contributed by atoms with van der Waals surface area (Å²) in [4.78, 5) is 4.74. The molecule has 0 heterocycles.